The van der Waals surface area contributed by atoms with Crippen molar-refractivity contribution >= 4 is 29.1 Å². The largest absolute Gasteiger partial charge is 0.465 e. The van der Waals surface area contributed by atoms with Gasteiger partial charge in [-0.15, -0.1) is 0 Å². The van der Waals surface area contributed by atoms with E-state index in [-0.39, 0.29) is 23.5 Å². The molecule has 0 spiro atoms. The zero-order valence-electron chi connectivity index (χ0n) is 9.80. The summed E-state index contributed by atoms with van der Waals surface area (Å²) in [6.07, 6.45) is 0. The Morgan fingerprint density at radius 3 is 2.89 bits per heavy atom. The number of para-hydroxylation sites is 1. The molecule has 0 aliphatic carbocycles. The average Bonchev–Trinajstić information content (AvgIpc) is 2.35. The molecule has 18 heavy (non-hydrogen) atoms. The summed E-state index contributed by atoms with van der Waals surface area (Å²) < 4.78 is 6.23. The Morgan fingerprint density at radius 2 is 2.17 bits per heavy atom. The van der Waals surface area contributed by atoms with Gasteiger partial charge in [0.2, 0.25) is 0 Å². The van der Waals surface area contributed by atoms with E-state index in [0.717, 1.165) is 0 Å². The zero-order valence-corrected chi connectivity index (χ0v) is 10.6. The number of H-pyrrole nitrogens is 1. The van der Waals surface area contributed by atoms with Gasteiger partial charge in [-0.05, 0) is 31.3 Å². The van der Waals surface area contributed by atoms with E-state index in [1.807, 2.05) is 6.07 Å². The quantitative estimate of drug-likeness (QED) is 0.676. The van der Waals surface area contributed by atoms with E-state index in [4.69, 9.17) is 17.0 Å². The Labute approximate surface area is 108 Å². The third kappa shape index (κ3) is 2.33. The van der Waals surface area contributed by atoms with Crippen molar-refractivity contribution < 1.29 is 9.53 Å². The molecular formula is C12H12N2O3S. The van der Waals surface area contributed by atoms with E-state index < -0.39 is 5.97 Å². The molecule has 1 aromatic heterocycles. The third-order valence-electron chi connectivity index (χ3n) is 2.48. The van der Waals surface area contributed by atoms with Crippen LogP contribution in [0.3, 0.4) is 0 Å². The predicted octanol–water partition coefficient (Wildman–Crippen LogP) is 1.62. The van der Waals surface area contributed by atoms with Gasteiger partial charge >= 0.3 is 5.97 Å². The molecule has 6 heteroatoms. The van der Waals surface area contributed by atoms with Crippen LogP contribution in [0.25, 0.3) is 10.9 Å². The van der Waals surface area contributed by atoms with Crippen LogP contribution in [0.1, 0.15) is 6.92 Å². The highest BCUT2D eigenvalue weighted by Gasteiger charge is 2.09. The first-order chi connectivity index (χ1) is 8.63. The second kappa shape index (κ2) is 5.14. The molecule has 0 aliphatic heterocycles. The number of hydrogen-bond donors (Lipinski definition) is 1. The molecule has 0 unspecified atom stereocenters. The lowest BCUT2D eigenvalue weighted by Gasteiger charge is -2.07. The normalized spacial score (nSPS) is 10.5. The Bertz CT molecular complexity index is 702. The molecule has 5 nitrogen and oxygen atoms in total. The number of carbonyl (C=O) groups is 1. The Morgan fingerprint density at radius 1 is 1.44 bits per heavy atom. The number of rotatable bonds is 3. The minimum absolute atomic E-state index is 0.174. The molecule has 0 atom stereocenters. The molecule has 0 aliphatic rings. The van der Waals surface area contributed by atoms with E-state index in [1.54, 1.807) is 25.1 Å². The number of nitrogens with zero attached hydrogens (tertiary/aromatic N) is 1. The number of carbonyl (C=O) groups excluding carboxylic acids is 1. The Kier molecular flexibility index (Phi) is 3.57. The van der Waals surface area contributed by atoms with Crippen LogP contribution >= 0.6 is 12.2 Å². The SMILES string of the molecule is CCOC(=O)Cn1c(=S)[nH]c2ccccc2c1=O. The molecule has 94 valence electrons. The summed E-state index contributed by atoms with van der Waals surface area (Å²) in [5, 5.41) is 0.496. The number of esters is 1. The van der Waals surface area contributed by atoms with Crippen molar-refractivity contribution in [1.29, 1.82) is 0 Å². The van der Waals surface area contributed by atoms with E-state index in [2.05, 4.69) is 4.98 Å². The second-order valence-corrected chi connectivity index (χ2v) is 4.06. The molecule has 2 aromatic rings. The van der Waals surface area contributed by atoms with Gasteiger partial charge in [-0.25, -0.2) is 0 Å². The van der Waals surface area contributed by atoms with Crippen molar-refractivity contribution in [3.63, 3.8) is 0 Å². The lowest BCUT2D eigenvalue weighted by Crippen LogP contribution is -2.27. The summed E-state index contributed by atoms with van der Waals surface area (Å²) in [6.45, 7) is 1.81. The van der Waals surface area contributed by atoms with Crippen LogP contribution in [0, 0.1) is 4.77 Å². The van der Waals surface area contributed by atoms with E-state index in [0.29, 0.717) is 10.9 Å². The van der Waals surface area contributed by atoms with Crippen LogP contribution in [0.15, 0.2) is 29.1 Å². The van der Waals surface area contributed by atoms with Gasteiger partial charge < -0.3 is 9.72 Å². The van der Waals surface area contributed by atoms with Crippen molar-refractivity contribution in [3.8, 4) is 0 Å². The first kappa shape index (κ1) is 12.5. The number of aromatic amines is 1. The first-order valence-electron chi connectivity index (χ1n) is 5.51. The molecular weight excluding hydrogens is 252 g/mol. The summed E-state index contributed by atoms with van der Waals surface area (Å²) in [6, 6.07) is 7.02. The van der Waals surface area contributed by atoms with Gasteiger partial charge in [0.1, 0.15) is 6.54 Å². The number of nitrogens with one attached hydrogen (secondary N) is 1. The molecule has 0 saturated carbocycles. The van der Waals surface area contributed by atoms with Gasteiger partial charge in [0.25, 0.3) is 5.56 Å². The topological polar surface area (TPSA) is 64.1 Å². The van der Waals surface area contributed by atoms with Crippen LogP contribution in [-0.2, 0) is 16.1 Å². The molecule has 0 saturated heterocycles. The second-order valence-electron chi connectivity index (χ2n) is 3.67. The minimum Gasteiger partial charge on any atom is -0.465 e. The molecule has 0 fully saturated rings. The monoisotopic (exact) mass is 264 g/mol. The Balaban J connectivity index is 2.55. The van der Waals surface area contributed by atoms with Gasteiger partial charge in [-0.1, -0.05) is 12.1 Å². The maximum atomic E-state index is 12.2. The molecule has 1 heterocycles. The van der Waals surface area contributed by atoms with Crippen LogP contribution in [0.5, 0.6) is 0 Å². The van der Waals surface area contributed by atoms with Crippen LogP contribution in [0.4, 0.5) is 0 Å². The number of fused-ring (bicyclic) bond motifs is 1. The molecule has 0 amide bonds. The highest BCUT2D eigenvalue weighted by atomic mass is 32.1. The molecule has 1 N–H and O–H groups in total. The molecule has 1 aromatic carbocycles. The van der Waals surface area contributed by atoms with E-state index >= 15 is 0 Å². The van der Waals surface area contributed by atoms with Gasteiger partial charge in [0.05, 0.1) is 17.5 Å². The lowest BCUT2D eigenvalue weighted by molar-refractivity contribution is -0.143. The molecule has 2 rings (SSSR count). The maximum Gasteiger partial charge on any atom is 0.326 e. The van der Waals surface area contributed by atoms with Crippen molar-refractivity contribution in [1.82, 2.24) is 9.55 Å². The fraction of sp³-hybridized carbons (Fsp3) is 0.250. The number of ether oxygens (including phenoxy) is 1. The summed E-state index contributed by atoms with van der Waals surface area (Å²) in [7, 11) is 0. The average molecular weight is 264 g/mol. The Hall–Kier alpha value is -1.95. The van der Waals surface area contributed by atoms with E-state index in [9.17, 15) is 9.59 Å². The van der Waals surface area contributed by atoms with Crippen molar-refractivity contribution in [2.45, 2.75) is 13.5 Å². The van der Waals surface area contributed by atoms with E-state index in [1.165, 1.54) is 4.57 Å². The van der Waals surface area contributed by atoms with Crippen LogP contribution < -0.4 is 5.56 Å². The zero-order chi connectivity index (χ0) is 13.1. The summed E-state index contributed by atoms with van der Waals surface area (Å²) in [5.41, 5.74) is 0.370. The van der Waals surface area contributed by atoms with Gasteiger partial charge in [-0.3, -0.25) is 14.2 Å². The standard InChI is InChI=1S/C12H12N2O3S/c1-2-17-10(15)7-14-11(16)8-5-3-4-6-9(8)13-12(14)18/h3-6H,2,7H2,1H3,(H,13,18). The third-order valence-corrected chi connectivity index (χ3v) is 2.80. The smallest absolute Gasteiger partial charge is 0.326 e. The predicted molar refractivity (Wildman–Crippen MR) is 70.0 cm³/mol. The number of hydrogen-bond acceptors (Lipinski definition) is 4. The molecule has 0 bridgehead atoms. The van der Waals surface area contributed by atoms with Crippen LogP contribution in [-0.4, -0.2) is 22.1 Å². The first-order valence-corrected chi connectivity index (χ1v) is 5.91. The minimum atomic E-state index is -0.477. The number of benzene rings is 1. The van der Waals surface area contributed by atoms with Gasteiger partial charge in [-0.2, -0.15) is 0 Å². The summed E-state index contributed by atoms with van der Waals surface area (Å²) in [5.74, 6) is -0.477. The van der Waals surface area contributed by atoms with Crippen molar-refractivity contribution in [2.24, 2.45) is 0 Å². The highest BCUT2D eigenvalue weighted by molar-refractivity contribution is 7.71. The maximum absolute atomic E-state index is 12.2. The summed E-state index contributed by atoms with van der Waals surface area (Å²) >= 11 is 5.07. The lowest BCUT2D eigenvalue weighted by atomic mass is 10.2. The van der Waals surface area contributed by atoms with Gasteiger partial charge in [0.15, 0.2) is 4.77 Å². The fourth-order valence-electron chi connectivity index (χ4n) is 1.68. The summed E-state index contributed by atoms with van der Waals surface area (Å²) in [4.78, 5) is 26.5. The van der Waals surface area contributed by atoms with Crippen molar-refractivity contribution in [2.75, 3.05) is 6.61 Å². The van der Waals surface area contributed by atoms with Crippen LogP contribution in [0.2, 0.25) is 0 Å². The fourth-order valence-corrected chi connectivity index (χ4v) is 1.94. The molecule has 0 radical (unpaired) electrons. The van der Waals surface area contributed by atoms with Gasteiger partial charge in [0, 0.05) is 0 Å². The number of aromatic nitrogens is 2. The van der Waals surface area contributed by atoms with Crippen molar-refractivity contribution in [3.05, 3.63) is 39.4 Å². The highest BCUT2D eigenvalue weighted by Crippen LogP contribution is 2.05.